The summed E-state index contributed by atoms with van der Waals surface area (Å²) >= 11 is 0. The summed E-state index contributed by atoms with van der Waals surface area (Å²) in [5.74, 6) is 0. The summed E-state index contributed by atoms with van der Waals surface area (Å²) in [5, 5.41) is 3.53. The number of hydrogen-bond acceptors (Lipinski definition) is 3. The van der Waals surface area contributed by atoms with Gasteiger partial charge in [0.1, 0.15) is 0 Å². The number of nitrogens with two attached hydrogens (primary N) is 1. The van der Waals surface area contributed by atoms with E-state index in [4.69, 9.17) is 5.73 Å². The Morgan fingerprint density at radius 3 is 2.38 bits per heavy atom. The van der Waals surface area contributed by atoms with Crippen molar-refractivity contribution in [2.45, 2.75) is 39.5 Å². The minimum absolute atomic E-state index is 0.927. The van der Waals surface area contributed by atoms with E-state index in [1.54, 1.807) is 0 Å². The van der Waals surface area contributed by atoms with Gasteiger partial charge in [0, 0.05) is 25.3 Å². The number of aryl methyl sites for hydroxylation is 3. The predicted octanol–water partition coefficient (Wildman–Crippen LogP) is 4.53. The lowest BCUT2D eigenvalue weighted by Crippen LogP contribution is -2.19. The molecule has 128 valence electrons. The average molecular weight is 323 g/mol. The zero-order chi connectivity index (χ0) is 16.9. The predicted molar refractivity (Wildman–Crippen MR) is 105 cm³/mol. The van der Waals surface area contributed by atoms with Crippen LogP contribution in [0.1, 0.15) is 36.0 Å². The third kappa shape index (κ3) is 4.22. The normalized spacial score (nSPS) is 14.2. The highest BCUT2D eigenvalue weighted by molar-refractivity contribution is 5.68. The van der Waals surface area contributed by atoms with E-state index in [1.807, 2.05) is 0 Å². The highest BCUT2D eigenvalue weighted by atomic mass is 15.1. The van der Waals surface area contributed by atoms with Crippen molar-refractivity contribution in [3.05, 3.63) is 53.1 Å². The number of nitrogen functional groups attached to an aromatic ring is 1. The summed E-state index contributed by atoms with van der Waals surface area (Å²) < 4.78 is 0. The van der Waals surface area contributed by atoms with Gasteiger partial charge >= 0.3 is 0 Å². The van der Waals surface area contributed by atoms with Crippen LogP contribution < -0.4 is 16.0 Å². The summed E-state index contributed by atoms with van der Waals surface area (Å²) in [5.41, 5.74) is 13.6. The summed E-state index contributed by atoms with van der Waals surface area (Å²) in [6.45, 7) is 7.55. The molecule has 1 aliphatic rings. The second kappa shape index (κ2) is 7.61. The maximum atomic E-state index is 6.27. The first-order valence-corrected chi connectivity index (χ1v) is 9.07. The number of nitrogens with one attached hydrogen (secondary N) is 1. The van der Waals surface area contributed by atoms with Gasteiger partial charge in [0.05, 0.1) is 11.4 Å². The molecule has 0 bridgehead atoms. The van der Waals surface area contributed by atoms with Crippen LogP contribution in [0.25, 0.3) is 0 Å². The molecule has 24 heavy (non-hydrogen) atoms. The molecule has 2 aromatic rings. The average Bonchev–Trinajstić information content (AvgIpc) is 3.05. The Morgan fingerprint density at radius 2 is 1.71 bits per heavy atom. The van der Waals surface area contributed by atoms with E-state index in [9.17, 15) is 0 Å². The quantitative estimate of drug-likeness (QED) is 0.606. The molecule has 3 N–H and O–H groups in total. The van der Waals surface area contributed by atoms with Crippen molar-refractivity contribution in [3.63, 3.8) is 0 Å². The van der Waals surface area contributed by atoms with Crippen molar-refractivity contribution in [2.75, 3.05) is 35.6 Å². The van der Waals surface area contributed by atoms with Crippen LogP contribution in [0.15, 0.2) is 36.4 Å². The molecule has 0 aliphatic carbocycles. The van der Waals surface area contributed by atoms with E-state index in [0.717, 1.165) is 38.2 Å². The SMILES string of the molecule is Cc1cc(C)cc(NCCCc2ccc(N3CCCC3)c(N)c2)c1. The largest absolute Gasteiger partial charge is 0.397 e. The maximum Gasteiger partial charge on any atom is 0.0600 e. The van der Waals surface area contributed by atoms with Gasteiger partial charge in [0.25, 0.3) is 0 Å². The van der Waals surface area contributed by atoms with Gasteiger partial charge in [-0.05, 0) is 80.5 Å². The Hall–Kier alpha value is -2.16. The first-order valence-electron chi connectivity index (χ1n) is 9.07. The van der Waals surface area contributed by atoms with Gasteiger partial charge in [-0.15, -0.1) is 0 Å². The highest BCUT2D eigenvalue weighted by Crippen LogP contribution is 2.28. The van der Waals surface area contributed by atoms with Crippen LogP contribution in [0.4, 0.5) is 17.1 Å². The third-order valence-electron chi connectivity index (χ3n) is 4.73. The second-order valence-electron chi connectivity index (χ2n) is 6.99. The van der Waals surface area contributed by atoms with Gasteiger partial charge in [-0.2, -0.15) is 0 Å². The fraction of sp³-hybridized carbons (Fsp3) is 0.429. The number of nitrogens with zero attached hydrogens (tertiary/aromatic N) is 1. The standard InChI is InChI=1S/C21H29N3/c1-16-12-17(2)14-19(13-16)23-9-5-6-18-7-8-21(20(22)15-18)24-10-3-4-11-24/h7-8,12-15,23H,3-6,9-11,22H2,1-2H3. The molecule has 1 aliphatic heterocycles. The van der Waals surface area contributed by atoms with E-state index < -0.39 is 0 Å². The lowest BCUT2D eigenvalue weighted by molar-refractivity contribution is 0.862. The van der Waals surface area contributed by atoms with Crippen LogP contribution in [0, 0.1) is 13.8 Å². The fourth-order valence-corrected chi connectivity index (χ4v) is 3.61. The Kier molecular flexibility index (Phi) is 5.29. The zero-order valence-corrected chi connectivity index (χ0v) is 14.9. The molecule has 1 fully saturated rings. The molecule has 1 heterocycles. The molecule has 0 radical (unpaired) electrons. The molecule has 0 unspecified atom stereocenters. The Balaban J connectivity index is 1.50. The van der Waals surface area contributed by atoms with Crippen LogP contribution in [0.5, 0.6) is 0 Å². The van der Waals surface area contributed by atoms with E-state index in [1.165, 1.54) is 40.9 Å². The van der Waals surface area contributed by atoms with Crippen molar-refractivity contribution in [2.24, 2.45) is 0 Å². The lowest BCUT2D eigenvalue weighted by atomic mass is 10.1. The van der Waals surface area contributed by atoms with Crippen molar-refractivity contribution >= 4 is 17.1 Å². The van der Waals surface area contributed by atoms with Gasteiger partial charge in [-0.3, -0.25) is 0 Å². The minimum atomic E-state index is 0.927. The first kappa shape index (κ1) is 16.7. The summed E-state index contributed by atoms with van der Waals surface area (Å²) in [7, 11) is 0. The molecule has 0 atom stereocenters. The Morgan fingerprint density at radius 1 is 1.00 bits per heavy atom. The van der Waals surface area contributed by atoms with E-state index in [2.05, 4.69) is 60.5 Å². The molecular weight excluding hydrogens is 294 g/mol. The van der Waals surface area contributed by atoms with Crippen molar-refractivity contribution < 1.29 is 0 Å². The number of rotatable bonds is 6. The third-order valence-corrected chi connectivity index (χ3v) is 4.73. The molecule has 0 amide bonds. The molecule has 0 spiro atoms. The molecule has 3 rings (SSSR count). The molecule has 1 saturated heterocycles. The van der Waals surface area contributed by atoms with Crippen LogP contribution in [0.3, 0.4) is 0 Å². The van der Waals surface area contributed by atoms with Crippen LogP contribution in [-0.2, 0) is 6.42 Å². The second-order valence-corrected chi connectivity index (χ2v) is 6.99. The lowest BCUT2D eigenvalue weighted by Gasteiger charge is -2.20. The molecule has 2 aromatic carbocycles. The Bertz CT molecular complexity index is 667. The minimum Gasteiger partial charge on any atom is -0.397 e. The van der Waals surface area contributed by atoms with Gasteiger partial charge in [0.2, 0.25) is 0 Å². The van der Waals surface area contributed by atoms with E-state index in [-0.39, 0.29) is 0 Å². The Labute approximate surface area is 145 Å². The van der Waals surface area contributed by atoms with Gasteiger partial charge in [-0.25, -0.2) is 0 Å². The molecule has 3 nitrogen and oxygen atoms in total. The maximum absolute atomic E-state index is 6.27. The molecule has 0 aromatic heterocycles. The molecule has 0 saturated carbocycles. The van der Waals surface area contributed by atoms with Crippen molar-refractivity contribution in [1.82, 2.24) is 0 Å². The molecular formula is C21H29N3. The number of hydrogen-bond donors (Lipinski definition) is 2. The summed E-state index contributed by atoms with van der Waals surface area (Å²) in [6, 6.07) is 13.2. The monoisotopic (exact) mass is 323 g/mol. The van der Waals surface area contributed by atoms with Crippen LogP contribution in [0.2, 0.25) is 0 Å². The topological polar surface area (TPSA) is 41.3 Å². The smallest absolute Gasteiger partial charge is 0.0600 e. The van der Waals surface area contributed by atoms with Crippen LogP contribution in [-0.4, -0.2) is 19.6 Å². The first-order chi connectivity index (χ1) is 11.6. The fourth-order valence-electron chi connectivity index (χ4n) is 3.61. The van der Waals surface area contributed by atoms with E-state index >= 15 is 0 Å². The van der Waals surface area contributed by atoms with Crippen molar-refractivity contribution in [3.8, 4) is 0 Å². The highest BCUT2D eigenvalue weighted by Gasteiger charge is 2.14. The van der Waals surface area contributed by atoms with Gasteiger partial charge in [-0.1, -0.05) is 12.1 Å². The van der Waals surface area contributed by atoms with Crippen LogP contribution >= 0.6 is 0 Å². The summed E-state index contributed by atoms with van der Waals surface area (Å²) in [6.07, 6.45) is 4.73. The van der Waals surface area contributed by atoms with Crippen molar-refractivity contribution in [1.29, 1.82) is 0 Å². The number of anilines is 3. The van der Waals surface area contributed by atoms with Gasteiger partial charge in [0.15, 0.2) is 0 Å². The van der Waals surface area contributed by atoms with E-state index in [0.29, 0.717) is 0 Å². The number of benzene rings is 2. The zero-order valence-electron chi connectivity index (χ0n) is 14.9. The molecule has 3 heteroatoms. The van der Waals surface area contributed by atoms with Gasteiger partial charge < -0.3 is 16.0 Å². The summed E-state index contributed by atoms with van der Waals surface area (Å²) in [4.78, 5) is 2.40.